The van der Waals surface area contributed by atoms with E-state index in [2.05, 4.69) is 0 Å². The number of benzene rings is 1. The molecule has 0 bridgehead atoms. The van der Waals surface area contributed by atoms with Crippen LogP contribution in [0, 0.1) is 0 Å². The van der Waals surface area contributed by atoms with Gasteiger partial charge in [-0.05, 0) is 0 Å². The smallest absolute Gasteiger partial charge is 0.184 e. The first-order valence-electron chi connectivity index (χ1n) is 6.14. The minimum atomic E-state index is -0.850. The first-order chi connectivity index (χ1) is 8.83. The zero-order valence-corrected chi connectivity index (χ0v) is 9.64. The van der Waals surface area contributed by atoms with Gasteiger partial charge in [0.1, 0.15) is 24.4 Å². The Balaban J connectivity index is 1.52. The lowest BCUT2D eigenvalue weighted by molar-refractivity contribution is -0.301. The van der Waals surface area contributed by atoms with Gasteiger partial charge < -0.3 is 24.1 Å². The molecule has 0 amide bonds. The molecule has 3 heterocycles. The Kier molecular flexibility index (Phi) is 2.43. The molecular weight excluding hydrogens is 236 g/mol. The standard InChI is InChI=1S/C13H14O5/c14-12-11-10(17-11)9-8(16-12)6-15-13(18-9)7-4-2-1-3-5-7/h1-5,8-14H,6H2/t8-,9-,10+,11+,12?,13-/m1/s1. The molecule has 0 radical (unpaired) electrons. The summed E-state index contributed by atoms with van der Waals surface area (Å²) in [6, 6.07) is 9.79. The third kappa shape index (κ3) is 1.67. The second-order valence-electron chi connectivity index (χ2n) is 4.81. The minimum absolute atomic E-state index is 0.0612. The van der Waals surface area contributed by atoms with Crippen LogP contribution in [-0.4, -0.2) is 42.4 Å². The summed E-state index contributed by atoms with van der Waals surface area (Å²) in [6.45, 7) is 0.411. The van der Waals surface area contributed by atoms with Crippen LogP contribution in [-0.2, 0) is 18.9 Å². The lowest BCUT2D eigenvalue weighted by Crippen LogP contribution is -2.52. The molecule has 0 aromatic heterocycles. The van der Waals surface area contributed by atoms with Crippen molar-refractivity contribution in [3.63, 3.8) is 0 Å². The summed E-state index contributed by atoms with van der Waals surface area (Å²) < 4.78 is 22.3. The molecular formula is C13H14O5. The van der Waals surface area contributed by atoms with Crippen molar-refractivity contribution in [3.05, 3.63) is 35.9 Å². The van der Waals surface area contributed by atoms with Crippen molar-refractivity contribution in [1.82, 2.24) is 0 Å². The van der Waals surface area contributed by atoms with E-state index in [0.717, 1.165) is 5.56 Å². The van der Waals surface area contributed by atoms with Gasteiger partial charge in [0.05, 0.1) is 6.61 Å². The van der Waals surface area contributed by atoms with Crippen LogP contribution < -0.4 is 0 Å². The average molecular weight is 250 g/mol. The lowest BCUT2D eigenvalue weighted by atomic mass is 10.0. The number of epoxide rings is 1. The predicted molar refractivity (Wildman–Crippen MR) is 59.5 cm³/mol. The number of fused-ring (bicyclic) bond motifs is 3. The molecule has 3 saturated heterocycles. The fourth-order valence-corrected chi connectivity index (χ4v) is 2.62. The maximum Gasteiger partial charge on any atom is 0.184 e. The van der Waals surface area contributed by atoms with Crippen molar-refractivity contribution in [2.24, 2.45) is 0 Å². The van der Waals surface area contributed by atoms with E-state index >= 15 is 0 Å². The van der Waals surface area contributed by atoms with Crippen molar-refractivity contribution in [3.8, 4) is 0 Å². The topological polar surface area (TPSA) is 60.5 Å². The fraction of sp³-hybridized carbons (Fsp3) is 0.538. The Bertz CT molecular complexity index is 436. The Morgan fingerprint density at radius 2 is 1.78 bits per heavy atom. The molecule has 5 heteroatoms. The van der Waals surface area contributed by atoms with Gasteiger partial charge in [0.25, 0.3) is 0 Å². The van der Waals surface area contributed by atoms with Crippen molar-refractivity contribution >= 4 is 0 Å². The van der Waals surface area contributed by atoms with Crippen LogP contribution in [0.25, 0.3) is 0 Å². The van der Waals surface area contributed by atoms with Gasteiger partial charge in [0, 0.05) is 5.56 Å². The average Bonchev–Trinajstić information content (AvgIpc) is 3.21. The summed E-state index contributed by atoms with van der Waals surface area (Å²) in [5.74, 6) is 0. The molecule has 3 aliphatic heterocycles. The van der Waals surface area contributed by atoms with E-state index in [0.29, 0.717) is 6.61 Å². The van der Waals surface area contributed by atoms with E-state index in [4.69, 9.17) is 18.9 Å². The first-order valence-corrected chi connectivity index (χ1v) is 6.14. The molecule has 5 nitrogen and oxygen atoms in total. The Hall–Kier alpha value is -0.980. The van der Waals surface area contributed by atoms with Crippen LogP contribution in [0.5, 0.6) is 0 Å². The van der Waals surface area contributed by atoms with Crippen molar-refractivity contribution in [2.75, 3.05) is 6.61 Å². The van der Waals surface area contributed by atoms with E-state index < -0.39 is 6.29 Å². The van der Waals surface area contributed by atoms with E-state index in [-0.39, 0.29) is 30.7 Å². The van der Waals surface area contributed by atoms with Crippen LogP contribution in [0.4, 0.5) is 0 Å². The normalized spacial score (nSPS) is 46.1. The highest BCUT2D eigenvalue weighted by molar-refractivity contribution is 5.17. The number of aliphatic hydroxyl groups excluding tert-OH is 1. The van der Waals surface area contributed by atoms with Crippen LogP contribution in [0.15, 0.2) is 30.3 Å². The largest absolute Gasteiger partial charge is 0.366 e. The molecule has 0 aliphatic carbocycles. The van der Waals surface area contributed by atoms with Gasteiger partial charge in [-0.2, -0.15) is 0 Å². The van der Waals surface area contributed by atoms with E-state index in [1.54, 1.807) is 0 Å². The van der Waals surface area contributed by atoms with Crippen LogP contribution in [0.3, 0.4) is 0 Å². The minimum Gasteiger partial charge on any atom is -0.366 e. The van der Waals surface area contributed by atoms with Gasteiger partial charge in [-0.25, -0.2) is 0 Å². The van der Waals surface area contributed by atoms with Gasteiger partial charge in [-0.3, -0.25) is 0 Å². The molecule has 6 atom stereocenters. The summed E-state index contributed by atoms with van der Waals surface area (Å²) >= 11 is 0. The molecule has 0 saturated carbocycles. The van der Waals surface area contributed by atoms with Gasteiger partial charge >= 0.3 is 0 Å². The maximum atomic E-state index is 9.58. The number of hydrogen-bond acceptors (Lipinski definition) is 5. The monoisotopic (exact) mass is 250 g/mol. The second kappa shape index (κ2) is 4.01. The Morgan fingerprint density at radius 1 is 0.944 bits per heavy atom. The predicted octanol–water partition coefficient (Wildman–Crippen LogP) is 0.585. The van der Waals surface area contributed by atoms with E-state index in [9.17, 15) is 5.11 Å². The molecule has 0 spiro atoms. The highest BCUT2D eigenvalue weighted by atomic mass is 16.8. The van der Waals surface area contributed by atoms with Gasteiger partial charge in [0.2, 0.25) is 0 Å². The highest BCUT2D eigenvalue weighted by Gasteiger charge is 2.60. The molecule has 3 aliphatic rings. The highest BCUT2D eigenvalue weighted by Crippen LogP contribution is 2.42. The second-order valence-corrected chi connectivity index (χ2v) is 4.81. The van der Waals surface area contributed by atoms with E-state index in [1.165, 1.54) is 0 Å². The molecule has 18 heavy (non-hydrogen) atoms. The van der Waals surface area contributed by atoms with Crippen LogP contribution in [0.2, 0.25) is 0 Å². The maximum absolute atomic E-state index is 9.58. The molecule has 4 rings (SSSR count). The molecule has 1 N–H and O–H groups in total. The van der Waals surface area contributed by atoms with Crippen molar-refractivity contribution in [1.29, 1.82) is 0 Å². The van der Waals surface area contributed by atoms with Gasteiger partial charge in [0.15, 0.2) is 12.6 Å². The molecule has 96 valence electrons. The Labute approximate surface area is 104 Å². The number of ether oxygens (including phenoxy) is 4. The number of aliphatic hydroxyl groups is 1. The molecule has 3 fully saturated rings. The summed E-state index contributed by atoms with van der Waals surface area (Å²) in [5, 5.41) is 9.58. The zero-order chi connectivity index (χ0) is 12.1. The quantitative estimate of drug-likeness (QED) is 0.739. The molecule has 1 aromatic carbocycles. The number of hydrogen-bond donors (Lipinski definition) is 1. The van der Waals surface area contributed by atoms with Crippen LogP contribution in [0.1, 0.15) is 11.9 Å². The van der Waals surface area contributed by atoms with Crippen molar-refractivity contribution in [2.45, 2.75) is 37.0 Å². The summed E-state index contributed by atoms with van der Waals surface area (Å²) in [5.41, 5.74) is 0.985. The third-order valence-electron chi connectivity index (χ3n) is 3.61. The summed E-state index contributed by atoms with van der Waals surface area (Å²) in [4.78, 5) is 0. The SMILES string of the molecule is OC1O[C@@H]2CO[C@@H](c3ccccc3)O[C@H]2[C@@H]2O[C@H]12. The lowest BCUT2D eigenvalue weighted by Gasteiger charge is -2.38. The summed E-state index contributed by atoms with van der Waals surface area (Å²) in [6.07, 6.45) is -1.93. The van der Waals surface area contributed by atoms with E-state index in [1.807, 2.05) is 30.3 Å². The summed E-state index contributed by atoms with van der Waals surface area (Å²) in [7, 11) is 0. The third-order valence-corrected chi connectivity index (χ3v) is 3.61. The Morgan fingerprint density at radius 3 is 2.61 bits per heavy atom. The van der Waals surface area contributed by atoms with Gasteiger partial charge in [-0.15, -0.1) is 0 Å². The van der Waals surface area contributed by atoms with Gasteiger partial charge in [-0.1, -0.05) is 30.3 Å². The number of rotatable bonds is 1. The molecule has 1 unspecified atom stereocenters. The fourth-order valence-electron chi connectivity index (χ4n) is 2.62. The van der Waals surface area contributed by atoms with Crippen LogP contribution >= 0.6 is 0 Å². The molecule has 1 aromatic rings. The zero-order valence-electron chi connectivity index (χ0n) is 9.64. The first kappa shape index (κ1) is 10.9. The van der Waals surface area contributed by atoms with Crippen molar-refractivity contribution < 1.29 is 24.1 Å².